The Kier molecular flexibility index (Phi) is 7.29. The average Bonchev–Trinajstić information content (AvgIpc) is 2.57. The first-order valence-corrected chi connectivity index (χ1v) is 5.41. The molecular weight excluding hydrogens is 162 g/mol. The van der Waals surface area contributed by atoms with Gasteiger partial charge in [0.2, 0.25) is 0 Å². The lowest BCUT2D eigenvalue weighted by atomic mass is 10.0. The number of rotatable bonds is 3. The SMILES string of the molecule is CC.COCC1CCC[C@@H]1N(C)C. The summed E-state index contributed by atoms with van der Waals surface area (Å²) >= 11 is 0. The third-order valence-electron chi connectivity index (χ3n) is 2.66. The van der Waals surface area contributed by atoms with E-state index in [9.17, 15) is 0 Å². The molecular formula is C11H25NO. The second-order valence-corrected chi connectivity index (χ2v) is 3.68. The summed E-state index contributed by atoms with van der Waals surface area (Å²) in [7, 11) is 6.13. The molecule has 1 fully saturated rings. The van der Waals surface area contributed by atoms with Crippen LogP contribution in [0.4, 0.5) is 0 Å². The Hall–Kier alpha value is -0.0800. The van der Waals surface area contributed by atoms with Crippen molar-refractivity contribution in [2.24, 2.45) is 5.92 Å². The summed E-state index contributed by atoms with van der Waals surface area (Å²) in [6, 6.07) is 0.759. The second-order valence-electron chi connectivity index (χ2n) is 3.68. The molecule has 0 N–H and O–H groups in total. The van der Waals surface area contributed by atoms with Crippen LogP contribution in [-0.4, -0.2) is 38.8 Å². The van der Waals surface area contributed by atoms with Crippen LogP contribution in [0.15, 0.2) is 0 Å². The van der Waals surface area contributed by atoms with Gasteiger partial charge in [0, 0.05) is 13.2 Å². The molecule has 1 aliphatic carbocycles. The van der Waals surface area contributed by atoms with Gasteiger partial charge in [-0.2, -0.15) is 0 Å². The molecule has 2 nitrogen and oxygen atoms in total. The van der Waals surface area contributed by atoms with Gasteiger partial charge in [-0.1, -0.05) is 20.3 Å². The van der Waals surface area contributed by atoms with E-state index in [-0.39, 0.29) is 0 Å². The standard InChI is InChI=1S/C9H19NO.C2H6/c1-10(2)9-6-4-5-8(9)7-11-3;1-2/h8-9H,4-7H2,1-3H3;1-2H3/t8?,9-;/m0./s1. The van der Waals surface area contributed by atoms with Crippen LogP contribution in [0.25, 0.3) is 0 Å². The average molecular weight is 187 g/mol. The van der Waals surface area contributed by atoms with Gasteiger partial charge in [0.05, 0.1) is 6.61 Å². The first-order chi connectivity index (χ1) is 6.25. The summed E-state index contributed by atoms with van der Waals surface area (Å²) in [6.07, 6.45) is 4.06. The maximum Gasteiger partial charge on any atom is 0.0505 e. The highest BCUT2D eigenvalue weighted by Gasteiger charge is 2.28. The zero-order valence-corrected chi connectivity index (χ0v) is 9.84. The second kappa shape index (κ2) is 7.34. The van der Waals surface area contributed by atoms with E-state index in [4.69, 9.17) is 4.74 Å². The molecule has 0 aromatic heterocycles. The Bertz CT molecular complexity index is 115. The third kappa shape index (κ3) is 4.10. The molecule has 1 rings (SSSR count). The normalized spacial score (nSPS) is 27.2. The molecule has 0 radical (unpaired) electrons. The van der Waals surface area contributed by atoms with E-state index in [1.807, 2.05) is 13.8 Å². The van der Waals surface area contributed by atoms with Crippen LogP contribution in [0.1, 0.15) is 33.1 Å². The van der Waals surface area contributed by atoms with E-state index in [0.717, 1.165) is 18.6 Å². The summed E-state index contributed by atoms with van der Waals surface area (Å²) in [4.78, 5) is 2.33. The number of ether oxygens (including phenoxy) is 1. The van der Waals surface area contributed by atoms with E-state index in [0.29, 0.717) is 0 Å². The fourth-order valence-corrected chi connectivity index (χ4v) is 2.11. The van der Waals surface area contributed by atoms with Gasteiger partial charge >= 0.3 is 0 Å². The summed E-state index contributed by atoms with van der Waals surface area (Å²) in [5.74, 6) is 0.773. The minimum Gasteiger partial charge on any atom is -0.384 e. The van der Waals surface area contributed by atoms with Gasteiger partial charge in [-0.25, -0.2) is 0 Å². The molecule has 1 aliphatic rings. The molecule has 0 spiro atoms. The van der Waals surface area contributed by atoms with Gasteiger partial charge in [0.15, 0.2) is 0 Å². The molecule has 0 amide bonds. The Labute approximate surface area is 83.3 Å². The van der Waals surface area contributed by atoms with Crippen molar-refractivity contribution in [1.29, 1.82) is 0 Å². The van der Waals surface area contributed by atoms with Crippen LogP contribution >= 0.6 is 0 Å². The van der Waals surface area contributed by atoms with Crippen LogP contribution < -0.4 is 0 Å². The number of methoxy groups -OCH3 is 1. The van der Waals surface area contributed by atoms with Crippen molar-refractivity contribution in [3.63, 3.8) is 0 Å². The molecule has 80 valence electrons. The molecule has 0 saturated heterocycles. The minimum atomic E-state index is 0.759. The zero-order valence-electron chi connectivity index (χ0n) is 9.84. The molecule has 2 atom stereocenters. The molecule has 0 aromatic rings. The van der Waals surface area contributed by atoms with Gasteiger partial charge in [-0.05, 0) is 32.9 Å². The van der Waals surface area contributed by atoms with E-state index in [1.54, 1.807) is 7.11 Å². The topological polar surface area (TPSA) is 12.5 Å². The summed E-state index contributed by atoms with van der Waals surface area (Å²) < 4.78 is 5.18. The van der Waals surface area contributed by atoms with Crippen molar-refractivity contribution in [2.45, 2.75) is 39.2 Å². The minimum absolute atomic E-state index is 0.759. The van der Waals surface area contributed by atoms with Crippen molar-refractivity contribution in [2.75, 3.05) is 27.8 Å². The van der Waals surface area contributed by atoms with Crippen molar-refractivity contribution in [1.82, 2.24) is 4.90 Å². The smallest absolute Gasteiger partial charge is 0.0505 e. The predicted molar refractivity (Wildman–Crippen MR) is 58.0 cm³/mol. The van der Waals surface area contributed by atoms with Gasteiger partial charge in [-0.15, -0.1) is 0 Å². The largest absolute Gasteiger partial charge is 0.384 e. The maximum atomic E-state index is 5.18. The highest BCUT2D eigenvalue weighted by Crippen LogP contribution is 2.28. The van der Waals surface area contributed by atoms with E-state index in [2.05, 4.69) is 19.0 Å². The predicted octanol–water partition coefficient (Wildman–Crippen LogP) is 2.39. The fraction of sp³-hybridized carbons (Fsp3) is 1.00. The van der Waals surface area contributed by atoms with Crippen molar-refractivity contribution < 1.29 is 4.74 Å². The van der Waals surface area contributed by atoms with Crippen LogP contribution in [-0.2, 0) is 4.74 Å². The lowest BCUT2D eigenvalue weighted by molar-refractivity contribution is 0.113. The monoisotopic (exact) mass is 187 g/mol. The molecule has 1 saturated carbocycles. The van der Waals surface area contributed by atoms with Crippen LogP contribution in [0.2, 0.25) is 0 Å². The Morgan fingerprint density at radius 1 is 1.23 bits per heavy atom. The molecule has 2 heteroatoms. The molecule has 13 heavy (non-hydrogen) atoms. The fourth-order valence-electron chi connectivity index (χ4n) is 2.11. The first-order valence-electron chi connectivity index (χ1n) is 5.41. The van der Waals surface area contributed by atoms with Gasteiger partial charge in [0.1, 0.15) is 0 Å². The van der Waals surface area contributed by atoms with E-state index < -0.39 is 0 Å². The van der Waals surface area contributed by atoms with Crippen molar-refractivity contribution >= 4 is 0 Å². The third-order valence-corrected chi connectivity index (χ3v) is 2.66. The maximum absolute atomic E-state index is 5.18. The molecule has 1 unspecified atom stereocenters. The highest BCUT2D eigenvalue weighted by atomic mass is 16.5. The van der Waals surface area contributed by atoms with E-state index >= 15 is 0 Å². The van der Waals surface area contributed by atoms with E-state index in [1.165, 1.54) is 19.3 Å². The number of hydrogen-bond acceptors (Lipinski definition) is 2. The Balaban J connectivity index is 0.000000671. The van der Waals surface area contributed by atoms with Gasteiger partial charge < -0.3 is 9.64 Å². The van der Waals surface area contributed by atoms with Crippen molar-refractivity contribution in [3.8, 4) is 0 Å². The lowest BCUT2D eigenvalue weighted by Crippen LogP contribution is -2.33. The number of hydrogen-bond donors (Lipinski definition) is 0. The molecule has 0 heterocycles. The van der Waals surface area contributed by atoms with Crippen LogP contribution in [0.5, 0.6) is 0 Å². The van der Waals surface area contributed by atoms with Gasteiger partial charge in [0.25, 0.3) is 0 Å². The molecule has 0 aliphatic heterocycles. The Morgan fingerprint density at radius 3 is 2.31 bits per heavy atom. The van der Waals surface area contributed by atoms with Crippen molar-refractivity contribution in [3.05, 3.63) is 0 Å². The summed E-state index contributed by atoms with van der Waals surface area (Å²) in [5.41, 5.74) is 0. The zero-order chi connectivity index (χ0) is 10.3. The first kappa shape index (κ1) is 12.9. The van der Waals surface area contributed by atoms with Crippen LogP contribution in [0.3, 0.4) is 0 Å². The summed E-state index contributed by atoms with van der Waals surface area (Å²) in [5, 5.41) is 0. The Morgan fingerprint density at radius 2 is 1.85 bits per heavy atom. The molecule has 0 bridgehead atoms. The molecule has 0 aromatic carbocycles. The quantitative estimate of drug-likeness (QED) is 0.672. The summed E-state index contributed by atoms with van der Waals surface area (Å²) in [6.45, 7) is 4.93. The highest BCUT2D eigenvalue weighted by molar-refractivity contribution is 4.82. The number of nitrogens with zero attached hydrogens (tertiary/aromatic N) is 1. The van der Waals surface area contributed by atoms with Crippen LogP contribution in [0, 0.1) is 5.92 Å². The lowest BCUT2D eigenvalue weighted by Gasteiger charge is -2.25. The van der Waals surface area contributed by atoms with Gasteiger partial charge in [-0.3, -0.25) is 0 Å².